The lowest BCUT2D eigenvalue weighted by Crippen LogP contribution is -2.47. The number of hydrogen-bond acceptors (Lipinski definition) is 3. The molecule has 1 aromatic rings. The van der Waals surface area contributed by atoms with Crippen LogP contribution in [0.25, 0.3) is 0 Å². The van der Waals surface area contributed by atoms with Gasteiger partial charge in [-0.1, -0.05) is 12.5 Å². The Bertz CT molecular complexity index is 715. The van der Waals surface area contributed by atoms with Gasteiger partial charge in [0.2, 0.25) is 5.91 Å². The van der Waals surface area contributed by atoms with Gasteiger partial charge in [-0.25, -0.2) is 0 Å². The van der Waals surface area contributed by atoms with Gasteiger partial charge in [-0.15, -0.1) is 0 Å². The molecule has 1 N–H and O–H groups in total. The zero-order chi connectivity index (χ0) is 20.4. The third-order valence-corrected chi connectivity index (χ3v) is 6.94. The molecule has 2 bridgehead atoms. The van der Waals surface area contributed by atoms with Crippen LogP contribution in [0.5, 0.6) is 0 Å². The Hall–Kier alpha value is -1.76. The van der Waals surface area contributed by atoms with E-state index in [2.05, 4.69) is 10.2 Å². The summed E-state index contributed by atoms with van der Waals surface area (Å²) in [5.74, 6) is 1.88. The number of halogens is 3. The second kappa shape index (κ2) is 8.54. The average molecular weight is 409 g/mol. The lowest BCUT2D eigenvalue weighted by atomic mass is 9.88. The Morgan fingerprint density at radius 3 is 2.55 bits per heavy atom. The van der Waals surface area contributed by atoms with Crippen molar-refractivity contribution >= 4 is 11.6 Å². The lowest BCUT2D eigenvalue weighted by molar-refractivity contribution is -0.137. The van der Waals surface area contributed by atoms with Crippen molar-refractivity contribution in [3.05, 3.63) is 29.8 Å². The first-order valence-corrected chi connectivity index (χ1v) is 10.8. The molecular weight excluding hydrogens is 379 g/mol. The van der Waals surface area contributed by atoms with E-state index < -0.39 is 11.7 Å². The molecule has 3 atom stereocenters. The highest BCUT2D eigenvalue weighted by molar-refractivity contribution is 5.79. The summed E-state index contributed by atoms with van der Waals surface area (Å²) in [7, 11) is 0. The third kappa shape index (κ3) is 4.87. The molecule has 1 saturated heterocycles. The molecule has 1 aliphatic heterocycles. The number of piperazine rings is 1. The summed E-state index contributed by atoms with van der Waals surface area (Å²) < 4.78 is 38.7. The van der Waals surface area contributed by atoms with Crippen LogP contribution in [0.15, 0.2) is 24.3 Å². The Labute approximate surface area is 170 Å². The molecule has 2 aliphatic carbocycles. The molecule has 3 aliphatic rings. The summed E-state index contributed by atoms with van der Waals surface area (Å²) in [6.07, 6.45) is 1.46. The minimum atomic E-state index is -4.31. The summed E-state index contributed by atoms with van der Waals surface area (Å²) in [5, 5.41) is 3.12. The van der Waals surface area contributed by atoms with E-state index in [0.717, 1.165) is 57.5 Å². The highest BCUT2D eigenvalue weighted by atomic mass is 19.4. The predicted octanol–water partition coefficient (Wildman–Crippen LogP) is 3.77. The normalized spacial score (nSPS) is 27.4. The first-order valence-electron chi connectivity index (χ1n) is 10.8. The van der Waals surface area contributed by atoms with Gasteiger partial charge in [0.05, 0.1) is 5.56 Å². The van der Waals surface area contributed by atoms with E-state index in [9.17, 15) is 18.0 Å². The molecule has 2 saturated carbocycles. The first-order chi connectivity index (χ1) is 13.9. The van der Waals surface area contributed by atoms with Crippen molar-refractivity contribution < 1.29 is 18.0 Å². The van der Waals surface area contributed by atoms with Gasteiger partial charge in [0.15, 0.2) is 0 Å². The predicted molar refractivity (Wildman–Crippen MR) is 107 cm³/mol. The van der Waals surface area contributed by atoms with Gasteiger partial charge < -0.3 is 10.2 Å². The standard InChI is InChI=1S/C22H30F3N3O/c23-22(24,25)18-3-1-4-19(15-18)28-11-9-27(10-12-28)8-2-7-26-21(29)20-14-16-5-6-17(20)13-16/h1,3-4,15-17,20H,2,5-14H2,(H,26,29)/t16-,17-,20-/m0/s1. The molecule has 0 radical (unpaired) electrons. The quantitative estimate of drug-likeness (QED) is 0.727. The minimum absolute atomic E-state index is 0.241. The SMILES string of the molecule is O=C(NCCCN1CCN(c2cccc(C(F)(F)F)c2)CC1)[C@H]1C[C@H]2CC[C@H]1C2. The van der Waals surface area contributed by atoms with Crippen molar-refractivity contribution in [2.75, 3.05) is 44.2 Å². The molecule has 1 amide bonds. The summed E-state index contributed by atoms with van der Waals surface area (Å²) in [5.41, 5.74) is 0.0428. The van der Waals surface area contributed by atoms with Crippen LogP contribution in [0.1, 0.15) is 37.7 Å². The first kappa shape index (κ1) is 20.5. The number of carbonyl (C=O) groups is 1. The molecule has 3 fully saturated rings. The number of amides is 1. The summed E-state index contributed by atoms with van der Waals surface area (Å²) >= 11 is 0. The monoisotopic (exact) mass is 409 g/mol. The fourth-order valence-electron chi connectivity index (χ4n) is 5.32. The van der Waals surface area contributed by atoms with E-state index in [-0.39, 0.29) is 11.8 Å². The van der Waals surface area contributed by atoms with Crippen LogP contribution < -0.4 is 10.2 Å². The van der Waals surface area contributed by atoms with Gasteiger partial charge in [-0.05, 0) is 62.3 Å². The fourth-order valence-corrected chi connectivity index (χ4v) is 5.32. The molecule has 160 valence electrons. The van der Waals surface area contributed by atoms with Crippen LogP contribution in [0.4, 0.5) is 18.9 Å². The number of benzene rings is 1. The molecule has 4 rings (SSSR count). The average Bonchev–Trinajstić information content (AvgIpc) is 3.35. The van der Waals surface area contributed by atoms with E-state index in [1.54, 1.807) is 6.07 Å². The number of nitrogens with zero attached hydrogens (tertiary/aromatic N) is 2. The van der Waals surface area contributed by atoms with Crippen molar-refractivity contribution in [3.8, 4) is 0 Å². The fraction of sp³-hybridized carbons (Fsp3) is 0.682. The van der Waals surface area contributed by atoms with Crippen molar-refractivity contribution in [3.63, 3.8) is 0 Å². The van der Waals surface area contributed by atoms with Crippen LogP contribution in [0.2, 0.25) is 0 Å². The van der Waals surface area contributed by atoms with Crippen molar-refractivity contribution in [1.29, 1.82) is 0 Å². The third-order valence-electron chi connectivity index (χ3n) is 6.94. The van der Waals surface area contributed by atoms with Crippen LogP contribution >= 0.6 is 0 Å². The highest BCUT2D eigenvalue weighted by Gasteiger charge is 2.42. The van der Waals surface area contributed by atoms with Crippen molar-refractivity contribution in [2.24, 2.45) is 17.8 Å². The summed E-state index contributed by atoms with van der Waals surface area (Å²) in [6, 6.07) is 5.57. The van der Waals surface area contributed by atoms with Gasteiger partial charge >= 0.3 is 6.18 Å². The van der Waals surface area contributed by atoms with Crippen molar-refractivity contribution in [1.82, 2.24) is 10.2 Å². The molecule has 0 spiro atoms. The molecule has 7 heteroatoms. The number of hydrogen-bond donors (Lipinski definition) is 1. The smallest absolute Gasteiger partial charge is 0.369 e. The molecular formula is C22H30F3N3O. The molecule has 29 heavy (non-hydrogen) atoms. The number of nitrogens with one attached hydrogen (secondary N) is 1. The largest absolute Gasteiger partial charge is 0.416 e. The molecule has 0 unspecified atom stereocenters. The summed E-state index contributed by atoms with van der Waals surface area (Å²) in [4.78, 5) is 16.7. The number of rotatable bonds is 6. The van der Waals surface area contributed by atoms with E-state index in [1.807, 2.05) is 4.90 Å². The van der Waals surface area contributed by atoms with Crippen LogP contribution in [-0.2, 0) is 11.0 Å². The maximum absolute atomic E-state index is 12.9. The second-order valence-corrected chi connectivity index (χ2v) is 8.80. The lowest BCUT2D eigenvalue weighted by Gasteiger charge is -2.36. The molecule has 1 aromatic carbocycles. The van der Waals surface area contributed by atoms with E-state index in [1.165, 1.54) is 31.4 Å². The summed E-state index contributed by atoms with van der Waals surface area (Å²) in [6.45, 7) is 4.72. The molecule has 4 nitrogen and oxygen atoms in total. The van der Waals surface area contributed by atoms with Crippen LogP contribution in [0.3, 0.4) is 0 Å². The number of anilines is 1. The topological polar surface area (TPSA) is 35.6 Å². The van der Waals surface area contributed by atoms with Gasteiger partial charge in [-0.2, -0.15) is 13.2 Å². The van der Waals surface area contributed by atoms with Gasteiger partial charge in [0.1, 0.15) is 0 Å². The number of fused-ring (bicyclic) bond motifs is 2. The maximum atomic E-state index is 12.9. The maximum Gasteiger partial charge on any atom is 0.416 e. The Kier molecular flexibility index (Phi) is 6.04. The Morgan fingerprint density at radius 2 is 1.90 bits per heavy atom. The van der Waals surface area contributed by atoms with E-state index in [4.69, 9.17) is 0 Å². The van der Waals surface area contributed by atoms with Crippen LogP contribution in [0, 0.1) is 17.8 Å². The Morgan fingerprint density at radius 1 is 1.10 bits per heavy atom. The van der Waals surface area contributed by atoms with Gasteiger partial charge in [-0.3, -0.25) is 9.69 Å². The highest BCUT2D eigenvalue weighted by Crippen LogP contribution is 2.48. The Balaban J connectivity index is 1.16. The molecule has 0 aromatic heterocycles. The van der Waals surface area contributed by atoms with Crippen molar-refractivity contribution in [2.45, 2.75) is 38.3 Å². The van der Waals surface area contributed by atoms with Gasteiger partial charge in [0, 0.05) is 44.3 Å². The minimum Gasteiger partial charge on any atom is -0.369 e. The number of carbonyl (C=O) groups excluding carboxylic acids is 1. The van der Waals surface area contributed by atoms with E-state index in [0.29, 0.717) is 18.2 Å². The van der Waals surface area contributed by atoms with Crippen LogP contribution in [-0.4, -0.2) is 50.1 Å². The van der Waals surface area contributed by atoms with Gasteiger partial charge in [0.25, 0.3) is 0 Å². The number of alkyl halides is 3. The second-order valence-electron chi connectivity index (χ2n) is 8.80. The zero-order valence-electron chi connectivity index (χ0n) is 16.8. The van der Waals surface area contributed by atoms with E-state index >= 15 is 0 Å². The molecule has 1 heterocycles. The zero-order valence-corrected chi connectivity index (χ0v) is 16.8.